The lowest BCUT2D eigenvalue weighted by Crippen LogP contribution is -2.36. The molecule has 0 saturated carbocycles. The van der Waals surface area contributed by atoms with Crippen LogP contribution in [0.2, 0.25) is 0 Å². The van der Waals surface area contributed by atoms with Crippen LogP contribution in [0.4, 0.5) is 0 Å². The minimum atomic E-state index is -0.981. The number of amides is 1. The Bertz CT molecular complexity index is 146. The van der Waals surface area contributed by atoms with E-state index in [0.29, 0.717) is 12.8 Å². The fourth-order valence-corrected chi connectivity index (χ4v) is 0.794. The molecule has 1 amide bonds. The number of rotatable bonds is 5. The topological polar surface area (TPSA) is 66.4 Å². The highest BCUT2D eigenvalue weighted by atomic mass is 16.4. The van der Waals surface area contributed by atoms with Gasteiger partial charge in [-0.05, 0) is 12.3 Å². The third kappa shape index (κ3) is 8.85. The zero-order chi connectivity index (χ0) is 10.9. The van der Waals surface area contributed by atoms with E-state index in [1.165, 1.54) is 0 Å². The quantitative estimate of drug-likeness (QED) is 0.640. The first-order valence-corrected chi connectivity index (χ1v) is 4.50. The van der Waals surface area contributed by atoms with Crippen LogP contribution in [0.5, 0.6) is 0 Å². The van der Waals surface area contributed by atoms with Gasteiger partial charge in [-0.25, -0.2) is 4.79 Å². The summed E-state index contributed by atoms with van der Waals surface area (Å²) in [6.07, 6.45) is 0.884. The first-order chi connectivity index (χ1) is 6.07. The van der Waals surface area contributed by atoms with Crippen LogP contribution in [0.15, 0.2) is 0 Å². The lowest BCUT2D eigenvalue weighted by atomic mass is 10.0. The van der Waals surface area contributed by atoms with E-state index >= 15 is 0 Å². The number of hydrogen-bond acceptors (Lipinski definition) is 2. The van der Waals surface area contributed by atoms with Crippen molar-refractivity contribution in [2.75, 3.05) is 0 Å². The Hall–Kier alpha value is -1.06. The zero-order valence-electron chi connectivity index (χ0n) is 8.70. The van der Waals surface area contributed by atoms with E-state index in [4.69, 9.17) is 5.11 Å². The second-order valence-corrected chi connectivity index (χ2v) is 2.80. The number of nitrogens with one attached hydrogen (secondary N) is 1. The molecule has 0 aliphatic heterocycles. The summed E-state index contributed by atoms with van der Waals surface area (Å²) in [5.41, 5.74) is 0. The van der Waals surface area contributed by atoms with Gasteiger partial charge in [-0.15, -0.1) is 0 Å². The zero-order valence-corrected chi connectivity index (χ0v) is 8.70. The molecular weight excluding hydrogens is 170 g/mol. The summed E-state index contributed by atoms with van der Waals surface area (Å²) in [4.78, 5) is 20.3. The SMILES string of the molecule is CC.CC(C)CC(NC=O)C(=O)O. The number of hydrogen-bond donors (Lipinski definition) is 2. The first kappa shape index (κ1) is 14.5. The summed E-state index contributed by atoms with van der Waals surface area (Å²) >= 11 is 0. The molecule has 1 atom stereocenters. The average Bonchev–Trinajstić information content (AvgIpc) is 2.06. The molecule has 0 aliphatic carbocycles. The molecule has 13 heavy (non-hydrogen) atoms. The van der Waals surface area contributed by atoms with Crippen molar-refractivity contribution in [1.29, 1.82) is 0 Å². The molecule has 2 N–H and O–H groups in total. The Morgan fingerprint density at radius 3 is 2.15 bits per heavy atom. The minimum absolute atomic E-state index is 0.267. The minimum Gasteiger partial charge on any atom is -0.480 e. The maximum atomic E-state index is 10.4. The predicted octanol–water partition coefficient (Wildman–Crippen LogP) is 1.26. The fraction of sp³-hybridized carbons (Fsp3) is 0.778. The Labute approximate surface area is 79.3 Å². The lowest BCUT2D eigenvalue weighted by Gasteiger charge is -2.12. The molecule has 4 heteroatoms. The molecule has 0 bridgehead atoms. The predicted molar refractivity (Wildman–Crippen MR) is 51.4 cm³/mol. The summed E-state index contributed by atoms with van der Waals surface area (Å²) in [5, 5.41) is 10.8. The average molecular weight is 189 g/mol. The van der Waals surface area contributed by atoms with Gasteiger partial charge in [0, 0.05) is 0 Å². The number of carboxylic acids is 1. The molecule has 0 aromatic rings. The highest BCUT2D eigenvalue weighted by molar-refractivity contribution is 5.76. The van der Waals surface area contributed by atoms with Crippen molar-refractivity contribution in [2.45, 2.75) is 40.2 Å². The normalized spacial score (nSPS) is 11.2. The smallest absolute Gasteiger partial charge is 0.326 e. The van der Waals surface area contributed by atoms with Crippen LogP contribution < -0.4 is 5.32 Å². The van der Waals surface area contributed by atoms with Crippen LogP contribution in [0, 0.1) is 5.92 Å². The van der Waals surface area contributed by atoms with Gasteiger partial charge in [-0.3, -0.25) is 4.79 Å². The maximum absolute atomic E-state index is 10.4. The van der Waals surface area contributed by atoms with Crippen LogP contribution >= 0.6 is 0 Å². The number of carboxylic acid groups (broad SMARTS) is 1. The second-order valence-electron chi connectivity index (χ2n) is 2.80. The monoisotopic (exact) mass is 189 g/mol. The summed E-state index contributed by atoms with van der Waals surface area (Å²) in [5.74, 6) is -0.714. The van der Waals surface area contributed by atoms with Crippen molar-refractivity contribution in [1.82, 2.24) is 5.32 Å². The van der Waals surface area contributed by atoms with Gasteiger partial charge in [0.2, 0.25) is 6.41 Å². The molecule has 4 nitrogen and oxygen atoms in total. The van der Waals surface area contributed by atoms with Gasteiger partial charge in [-0.2, -0.15) is 0 Å². The van der Waals surface area contributed by atoms with Gasteiger partial charge in [0.25, 0.3) is 0 Å². The molecule has 0 radical (unpaired) electrons. The maximum Gasteiger partial charge on any atom is 0.326 e. The summed E-state index contributed by atoms with van der Waals surface area (Å²) in [7, 11) is 0. The van der Waals surface area contributed by atoms with E-state index in [1.54, 1.807) is 0 Å². The van der Waals surface area contributed by atoms with E-state index in [-0.39, 0.29) is 5.92 Å². The van der Waals surface area contributed by atoms with Crippen molar-refractivity contribution >= 4 is 12.4 Å². The molecule has 0 aromatic heterocycles. The van der Waals surface area contributed by atoms with Crippen molar-refractivity contribution in [3.63, 3.8) is 0 Å². The number of carbonyl (C=O) groups is 2. The molecule has 0 rings (SSSR count). The highest BCUT2D eigenvalue weighted by Gasteiger charge is 2.16. The van der Waals surface area contributed by atoms with Gasteiger partial charge in [0.15, 0.2) is 0 Å². The largest absolute Gasteiger partial charge is 0.480 e. The molecule has 0 aliphatic rings. The van der Waals surface area contributed by atoms with Crippen LogP contribution in [0.3, 0.4) is 0 Å². The van der Waals surface area contributed by atoms with Crippen molar-refractivity contribution in [2.24, 2.45) is 5.92 Å². The lowest BCUT2D eigenvalue weighted by molar-refractivity contribution is -0.141. The molecular formula is C9H19NO3. The molecule has 0 saturated heterocycles. The number of aliphatic carboxylic acids is 1. The van der Waals surface area contributed by atoms with E-state index < -0.39 is 12.0 Å². The molecule has 0 heterocycles. The summed E-state index contributed by atoms with van der Waals surface area (Å²) < 4.78 is 0. The molecule has 78 valence electrons. The van der Waals surface area contributed by atoms with E-state index in [9.17, 15) is 9.59 Å². The van der Waals surface area contributed by atoms with Crippen LogP contribution in [0.25, 0.3) is 0 Å². The van der Waals surface area contributed by atoms with Gasteiger partial charge >= 0.3 is 5.97 Å². The summed E-state index contributed by atoms with van der Waals surface area (Å²) in [6, 6.07) is -0.743. The Morgan fingerprint density at radius 2 is 1.92 bits per heavy atom. The van der Waals surface area contributed by atoms with Gasteiger partial charge in [0.1, 0.15) is 6.04 Å². The Balaban J connectivity index is 0. The van der Waals surface area contributed by atoms with Gasteiger partial charge in [0.05, 0.1) is 0 Å². The van der Waals surface area contributed by atoms with E-state index in [1.807, 2.05) is 27.7 Å². The molecule has 0 fully saturated rings. The highest BCUT2D eigenvalue weighted by Crippen LogP contribution is 2.03. The van der Waals surface area contributed by atoms with Crippen LogP contribution in [-0.4, -0.2) is 23.5 Å². The van der Waals surface area contributed by atoms with Crippen molar-refractivity contribution in [3.05, 3.63) is 0 Å². The Kier molecular flexibility index (Phi) is 10.0. The van der Waals surface area contributed by atoms with E-state index in [2.05, 4.69) is 5.32 Å². The Morgan fingerprint density at radius 1 is 1.46 bits per heavy atom. The molecule has 1 unspecified atom stereocenters. The fourth-order valence-electron chi connectivity index (χ4n) is 0.794. The summed E-state index contributed by atoms with van der Waals surface area (Å²) in [6.45, 7) is 7.81. The third-order valence-corrected chi connectivity index (χ3v) is 1.27. The first-order valence-electron chi connectivity index (χ1n) is 4.50. The third-order valence-electron chi connectivity index (χ3n) is 1.27. The van der Waals surface area contributed by atoms with Crippen molar-refractivity contribution in [3.8, 4) is 0 Å². The van der Waals surface area contributed by atoms with Crippen LogP contribution in [0.1, 0.15) is 34.1 Å². The van der Waals surface area contributed by atoms with Crippen molar-refractivity contribution < 1.29 is 14.7 Å². The number of carbonyl (C=O) groups excluding carboxylic acids is 1. The van der Waals surface area contributed by atoms with Gasteiger partial charge in [-0.1, -0.05) is 27.7 Å². The van der Waals surface area contributed by atoms with Crippen LogP contribution in [-0.2, 0) is 9.59 Å². The second kappa shape index (κ2) is 9.03. The van der Waals surface area contributed by atoms with Gasteiger partial charge < -0.3 is 10.4 Å². The standard InChI is InChI=1S/C7H13NO3.C2H6/c1-5(2)3-6(7(10)11)8-4-9;1-2/h4-6H,3H2,1-2H3,(H,8,9)(H,10,11);1-2H3. The molecule has 0 spiro atoms. The molecule has 0 aromatic carbocycles. The van der Waals surface area contributed by atoms with E-state index in [0.717, 1.165) is 0 Å².